The number of hydrogen-bond donors (Lipinski definition) is 1. The van der Waals surface area contributed by atoms with Gasteiger partial charge in [0, 0.05) is 10.9 Å². The van der Waals surface area contributed by atoms with Crippen molar-refractivity contribution in [3.05, 3.63) is 52.2 Å². The summed E-state index contributed by atoms with van der Waals surface area (Å²) in [6.07, 6.45) is 3.00. The van der Waals surface area contributed by atoms with Crippen molar-refractivity contribution in [2.24, 2.45) is 5.73 Å². The van der Waals surface area contributed by atoms with Crippen molar-refractivity contribution in [1.82, 2.24) is 0 Å². The topological polar surface area (TPSA) is 35.2 Å². The lowest BCUT2D eigenvalue weighted by molar-refractivity contribution is 0.294. The molecule has 1 heterocycles. The lowest BCUT2D eigenvalue weighted by atomic mass is 10.1. The van der Waals surface area contributed by atoms with Gasteiger partial charge in [-0.2, -0.15) is 0 Å². The molecule has 102 valence electrons. The molecule has 1 aromatic carbocycles. The van der Waals surface area contributed by atoms with E-state index in [4.69, 9.17) is 10.5 Å². The van der Waals surface area contributed by atoms with Gasteiger partial charge < -0.3 is 10.5 Å². The molecule has 0 fully saturated rings. The molecule has 0 amide bonds. The van der Waals surface area contributed by atoms with E-state index in [1.54, 1.807) is 11.3 Å². The van der Waals surface area contributed by atoms with Crippen LogP contribution < -0.4 is 10.5 Å². The molecule has 0 bridgehead atoms. The summed E-state index contributed by atoms with van der Waals surface area (Å²) >= 11 is 1.80. The van der Waals surface area contributed by atoms with Gasteiger partial charge in [-0.15, -0.1) is 11.3 Å². The molecule has 2 N–H and O–H groups in total. The summed E-state index contributed by atoms with van der Waals surface area (Å²) in [7, 11) is 0. The summed E-state index contributed by atoms with van der Waals surface area (Å²) in [5.74, 6) is 0.936. The maximum atomic E-state index is 6.11. The molecule has 0 aliphatic rings. The summed E-state index contributed by atoms with van der Waals surface area (Å²) in [4.78, 5) is 1.41. The molecule has 2 nitrogen and oxygen atoms in total. The van der Waals surface area contributed by atoms with E-state index in [9.17, 15) is 0 Å². The predicted molar refractivity (Wildman–Crippen MR) is 81.9 cm³/mol. The Hall–Kier alpha value is -1.32. The molecule has 19 heavy (non-hydrogen) atoms. The van der Waals surface area contributed by atoms with Crippen LogP contribution in [-0.2, 0) is 6.42 Å². The Morgan fingerprint density at radius 1 is 1.21 bits per heavy atom. The van der Waals surface area contributed by atoms with Crippen molar-refractivity contribution in [2.45, 2.75) is 32.2 Å². The average Bonchev–Trinajstić information content (AvgIpc) is 2.89. The fourth-order valence-corrected chi connectivity index (χ4v) is 2.68. The summed E-state index contributed by atoms with van der Waals surface area (Å²) in [5.41, 5.74) is 7.33. The summed E-state index contributed by atoms with van der Waals surface area (Å²) in [6.45, 7) is 2.76. The van der Waals surface area contributed by atoms with Gasteiger partial charge in [0.05, 0.1) is 6.61 Å². The summed E-state index contributed by atoms with van der Waals surface area (Å²) in [5, 5.41) is 2.11. The van der Waals surface area contributed by atoms with Crippen molar-refractivity contribution in [2.75, 3.05) is 6.61 Å². The number of thiophene rings is 1. The number of nitrogens with two attached hydrogens (primary N) is 1. The third-order valence-corrected chi connectivity index (χ3v) is 4.02. The largest absolute Gasteiger partial charge is 0.494 e. The SMILES string of the molecule is Cc1cccc(OCCC(N)CCc2cccs2)c1. The van der Waals surface area contributed by atoms with Gasteiger partial charge in [0.25, 0.3) is 0 Å². The first-order valence-electron chi connectivity index (χ1n) is 6.71. The van der Waals surface area contributed by atoms with E-state index in [1.807, 2.05) is 12.1 Å². The zero-order chi connectivity index (χ0) is 13.5. The van der Waals surface area contributed by atoms with Crippen LogP contribution in [0.4, 0.5) is 0 Å². The Labute approximate surface area is 119 Å². The second-order valence-electron chi connectivity index (χ2n) is 4.83. The van der Waals surface area contributed by atoms with Crippen LogP contribution in [0.5, 0.6) is 5.75 Å². The van der Waals surface area contributed by atoms with Crippen molar-refractivity contribution in [3.8, 4) is 5.75 Å². The highest BCUT2D eigenvalue weighted by Crippen LogP contribution is 2.14. The Balaban J connectivity index is 1.65. The van der Waals surface area contributed by atoms with Gasteiger partial charge in [0.15, 0.2) is 0 Å². The molecule has 2 rings (SSSR count). The third kappa shape index (κ3) is 5.05. The lowest BCUT2D eigenvalue weighted by Crippen LogP contribution is -2.23. The maximum Gasteiger partial charge on any atom is 0.119 e. The van der Waals surface area contributed by atoms with Gasteiger partial charge in [0.2, 0.25) is 0 Å². The van der Waals surface area contributed by atoms with Crippen molar-refractivity contribution in [3.63, 3.8) is 0 Å². The van der Waals surface area contributed by atoms with Crippen molar-refractivity contribution >= 4 is 11.3 Å². The van der Waals surface area contributed by atoms with Gasteiger partial charge in [-0.25, -0.2) is 0 Å². The molecule has 0 radical (unpaired) electrons. The van der Waals surface area contributed by atoms with E-state index in [-0.39, 0.29) is 6.04 Å². The summed E-state index contributed by atoms with van der Waals surface area (Å²) in [6, 6.07) is 12.6. The van der Waals surface area contributed by atoms with E-state index < -0.39 is 0 Å². The fraction of sp³-hybridized carbons (Fsp3) is 0.375. The van der Waals surface area contributed by atoms with Gasteiger partial charge in [0.1, 0.15) is 5.75 Å². The first-order valence-corrected chi connectivity index (χ1v) is 7.59. The molecule has 0 spiro atoms. The molecule has 0 saturated heterocycles. The Kier molecular flexibility index (Phi) is 5.43. The average molecular weight is 275 g/mol. The van der Waals surface area contributed by atoms with Crippen LogP contribution in [-0.4, -0.2) is 12.6 Å². The molecule has 1 atom stereocenters. The van der Waals surface area contributed by atoms with E-state index in [0.29, 0.717) is 6.61 Å². The molecule has 1 unspecified atom stereocenters. The van der Waals surface area contributed by atoms with E-state index >= 15 is 0 Å². The number of benzene rings is 1. The van der Waals surface area contributed by atoms with E-state index in [1.165, 1.54) is 10.4 Å². The molecule has 1 aromatic heterocycles. The maximum absolute atomic E-state index is 6.11. The van der Waals surface area contributed by atoms with Crippen molar-refractivity contribution < 1.29 is 4.74 Å². The lowest BCUT2D eigenvalue weighted by Gasteiger charge is -2.12. The van der Waals surface area contributed by atoms with Crippen LogP contribution in [0.2, 0.25) is 0 Å². The zero-order valence-corrected chi connectivity index (χ0v) is 12.2. The molecular weight excluding hydrogens is 254 g/mol. The first kappa shape index (κ1) is 14.1. The van der Waals surface area contributed by atoms with E-state index in [0.717, 1.165) is 25.0 Å². The quantitative estimate of drug-likeness (QED) is 0.834. The zero-order valence-electron chi connectivity index (χ0n) is 11.3. The highest BCUT2D eigenvalue weighted by atomic mass is 32.1. The molecule has 0 saturated carbocycles. The second-order valence-corrected chi connectivity index (χ2v) is 5.86. The van der Waals surface area contributed by atoms with Crippen LogP contribution in [0.1, 0.15) is 23.3 Å². The highest BCUT2D eigenvalue weighted by Gasteiger charge is 2.04. The Morgan fingerprint density at radius 2 is 2.11 bits per heavy atom. The Bertz CT molecular complexity index is 481. The van der Waals surface area contributed by atoms with E-state index in [2.05, 4.69) is 36.6 Å². The standard InChI is InChI=1S/C16H21NOS/c1-13-4-2-5-15(12-13)18-10-9-14(17)7-8-16-6-3-11-19-16/h2-6,11-12,14H,7-10,17H2,1H3. The molecular formula is C16H21NOS. The minimum Gasteiger partial charge on any atom is -0.494 e. The van der Waals surface area contributed by atoms with Gasteiger partial charge in [-0.05, 0) is 55.3 Å². The Morgan fingerprint density at radius 3 is 2.84 bits per heavy atom. The van der Waals surface area contributed by atoms with Gasteiger partial charge >= 0.3 is 0 Å². The minimum atomic E-state index is 0.215. The van der Waals surface area contributed by atoms with Gasteiger partial charge in [-0.1, -0.05) is 18.2 Å². The minimum absolute atomic E-state index is 0.215. The molecule has 0 aliphatic heterocycles. The van der Waals surface area contributed by atoms with Crippen molar-refractivity contribution in [1.29, 1.82) is 0 Å². The normalized spacial score (nSPS) is 12.3. The van der Waals surface area contributed by atoms with Crippen LogP contribution in [0.3, 0.4) is 0 Å². The fourth-order valence-electron chi connectivity index (χ4n) is 1.96. The smallest absolute Gasteiger partial charge is 0.119 e. The van der Waals surface area contributed by atoms with Crippen LogP contribution in [0, 0.1) is 6.92 Å². The molecule has 2 aromatic rings. The van der Waals surface area contributed by atoms with Crippen LogP contribution in [0.25, 0.3) is 0 Å². The number of ether oxygens (including phenoxy) is 1. The number of aryl methyl sites for hydroxylation is 2. The highest BCUT2D eigenvalue weighted by molar-refractivity contribution is 7.09. The monoisotopic (exact) mass is 275 g/mol. The first-order chi connectivity index (χ1) is 9.24. The second kappa shape index (κ2) is 7.31. The third-order valence-electron chi connectivity index (χ3n) is 3.09. The number of rotatable bonds is 7. The number of hydrogen-bond acceptors (Lipinski definition) is 3. The summed E-state index contributed by atoms with van der Waals surface area (Å²) < 4.78 is 5.72. The molecule has 0 aliphatic carbocycles. The van der Waals surface area contributed by atoms with Gasteiger partial charge in [-0.3, -0.25) is 0 Å². The predicted octanol–water partition coefficient (Wildman–Crippen LogP) is 3.79. The van der Waals surface area contributed by atoms with Crippen LogP contribution in [0.15, 0.2) is 41.8 Å². The molecule has 3 heteroatoms. The van der Waals surface area contributed by atoms with Crippen LogP contribution >= 0.6 is 11.3 Å².